The molecule has 0 spiro atoms. The molecule has 0 unspecified atom stereocenters. The molecule has 23 heavy (non-hydrogen) atoms. The van der Waals surface area contributed by atoms with E-state index in [-0.39, 0.29) is 6.61 Å². The number of anilines is 1. The smallest absolute Gasteiger partial charge is 0.187 e. The molecule has 1 aromatic carbocycles. The van der Waals surface area contributed by atoms with E-state index in [2.05, 4.69) is 15.8 Å². The van der Waals surface area contributed by atoms with Crippen molar-refractivity contribution in [2.75, 3.05) is 25.1 Å². The number of aliphatic hydroxyl groups excluding tert-OH is 1. The maximum Gasteiger partial charge on any atom is 0.187 e. The van der Waals surface area contributed by atoms with Crippen LogP contribution in [-0.4, -0.2) is 42.7 Å². The Morgan fingerprint density at radius 2 is 2.00 bits per heavy atom. The Bertz CT molecular complexity index is 512. The molecule has 1 fully saturated rings. The highest BCUT2D eigenvalue weighted by Crippen LogP contribution is 2.17. The van der Waals surface area contributed by atoms with Crippen LogP contribution in [0.1, 0.15) is 37.7 Å². The first kappa shape index (κ1) is 17.7. The molecule has 0 saturated heterocycles. The molecule has 0 aromatic heterocycles. The number of nitrogens with zero attached hydrogens (tertiary/aromatic N) is 2. The number of hydrazone groups is 1. The molecule has 0 atom stereocenters. The van der Waals surface area contributed by atoms with Crippen LogP contribution in [0.3, 0.4) is 0 Å². The third-order valence-corrected chi connectivity index (χ3v) is 4.30. The fourth-order valence-corrected chi connectivity index (χ4v) is 2.94. The molecule has 1 saturated carbocycles. The lowest BCUT2D eigenvalue weighted by molar-refractivity contribution is 0.304. The van der Waals surface area contributed by atoms with E-state index in [1.54, 1.807) is 6.21 Å². The molecule has 1 aliphatic rings. The van der Waals surface area contributed by atoms with E-state index >= 15 is 0 Å². The van der Waals surface area contributed by atoms with Crippen LogP contribution in [0.2, 0.25) is 0 Å². The number of hydrogen-bond donors (Lipinski definition) is 3. The molecule has 0 radical (unpaired) electrons. The number of hydrogen-bond acceptors (Lipinski definition) is 4. The zero-order chi connectivity index (χ0) is 16.5. The quantitative estimate of drug-likeness (QED) is 0.423. The summed E-state index contributed by atoms with van der Waals surface area (Å²) < 4.78 is 0. The molecular weight excluding hydrogens is 308 g/mol. The highest BCUT2D eigenvalue weighted by Gasteiger charge is 2.13. The van der Waals surface area contributed by atoms with Gasteiger partial charge < -0.3 is 15.3 Å². The Morgan fingerprint density at radius 1 is 1.30 bits per heavy atom. The van der Waals surface area contributed by atoms with E-state index in [0.717, 1.165) is 11.3 Å². The van der Waals surface area contributed by atoms with Crippen LogP contribution in [0.15, 0.2) is 29.4 Å². The molecular formula is C17H26N4OS. The van der Waals surface area contributed by atoms with E-state index in [0.29, 0.717) is 17.7 Å². The third kappa shape index (κ3) is 6.15. The van der Waals surface area contributed by atoms with Gasteiger partial charge in [0.1, 0.15) is 0 Å². The van der Waals surface area contributed by atoms with Crippen molar-refractivity contribution in [1.29, 1.82) is 0 Å². The molecule has 3 N–H and O–H groups in total. The predicted molar refractivity (Wildman–Crippen MR) is 100 cm³/mol. The monoisotopic (exact) mass is 334 g/mol. The predicted octanol–water partition coefficient (Wildman–Crippen LogP) is 2.25. The van der Waals surface area contributed by atoms with E-state index in [1.807, 2.05) is 36.2 Å². The molecule has 0 bridgehead atoms. The first-order chi connectivity index (χ1) is 11.2. The minimum atomic E-state index is 0.148. The summed E-state index contributed by atoms with van der Waals surface area (Å²) in [6, 6.07) is 8.49. The number of benzene rings is 1. The highest BCUT2D eigenvalue weighted by atomic mass is 32.1. The van der Waals surface area contributed by atoms with Crippen LogP contribution in [0.25, 0.3) is 0 Å². The van der Waals surface area contributed by atoms with Crippen molar-refractivity contribution in [2.45, 2.75) is 38.1 Å². The summed E-state index contributed by atoms with van der Waals surface area (Å²) in [5.41, 5.74) is 4.95. The average molecular weight is 334 g/mol. The fourth-order valence-electron chi connectivity index (χ4n) is 2.72. The molecule has 0 aliphatic heterocycles. The largest absolute Gasteiger partial charge is 0.395 e. The Hall–Kier alpha value is -1.66. The second kappa shape index (κ2) is 9.47. The van der Waals surface area contributed by atoms with Gasteiger partial charge in [-0.15, -0.1) is 0 Å². The summed E-state index contributed by atoms with van der Waals surface area (Å²) in [7, 11) is 1.95. The van der Waals surface area contributed by atoms with Crippen molar-refractivity contribution < 1.29 is 5.11 Å². The van der Waals surface area contributed by atoms with Gasteiger partial charge in [0.15, 0.2) is 5.11 Å². The zero-order valence-corrected chi connectivity index (χ0v) is 14.5. The van der Waals surface area contributed by atoms with Gasteiger partial charge in [0, 0.05) is 25.3 Å². The average Bonchev–Trinajstić information content (AvgIpc) is 2.56. The number of rotatable bonds is 6. The summed E-state index contributed by atoms with van der Waals surface area (Å²) >= 11 is 5.27. The Morgan fingerprint density at radius 3 is 2.65 bits per heavy atom. The fraction of sp³-hybridized carbons (Fsp3) is 0.529. The highest BCUT2D eigenvalue weighted by molar-refractivity contribution is 7.80. The molecule has 0 amide bonds. The minimum absolute atomic E-state index is 0.148. The van der Waals surface area contributed by atoms with Gasteiger partial charge in [0.25, 0.3) is 0 Å². The number of likely N-dealkylation sites (N-methyl/N-ethyl adjacent to an activating group) is 1. The topological polar surface area (TPSA) is 59.9 Å². The van der Waals surface area contributed by atoms with Crippen LogP contribution in [-0.2, 0) is 0 Å². The van der Waals surface area contributed by atoms with Crippen LogP contribution in [0.5, 0.6) is 0 Å². The minimum Gasteiger partial charge on any atom is -0.395 e. The Balaban J connectivity index is 1.77. The molecule has 126 valence electrons. The van der Waals surface area contributed by atoms with Crippen molar-refractivity contribution in [2.24, 2.45) is 5.10 Å². The normalized spacial score (nSPS) is 15.6. The summed E-state index contributed by atoms with van der Waals surface area (Å²) in [6.45, 7) is 0.769. The van der Waals surface area contributed by atoms with Crippen molar-refractivity contribution >= 4 is 29.2 Å². The van der Waals surface area contributed by atoms with Crippen LogP contribution in [0.4, 0.5) is 5.69 Å². The van der Waals surface area contributed by atoms with Gasteiger partial charge in [0.2, 0.25) is 0 Å². The van der Waals surface area contributed by atoms with Gasteiger partial charge >= 0.3 is 0 Å². The summed E-state index contributed by atoms with van der Waals surface area (Å²) in [6.07, 6.45) is 8.02. The second-order valence-electron chi connectivity index (χ2n) is 5.92. The molecule has 1 aliphatic carbocycles. The Labute approximate surface area is 143 Å². The maximum absolute atomic E-state index is 8.95. The molecule has 2 rings (SSSR count). The van der Waals surface area contributed by atoms with Crippen molar-refractivity contribution in [3.63, 3.8) is 0 Å². The molecule has 0 heterocycles. The van der Waals surface area contributed by atoms with E-state index < -0.39 is 0 Å². The van der Waals surface area contributed by atoms with Crippen molar-refractivity contribution in [3.8, 4) is 0 Å². The van der Waals surface area contributed by atoms with Gasteiger partial charge in [-0.2, -0.15) is 5.10 Å². The standard InChI is InChI=1S/C17H26N4OS/c1-21(11-12-22)16-9-7-14(8-10-16)13-18-20-17(23)19-15-5-3-2-4-6-15/h7-10,13,15,22H,2-6,11-12H2,1H3,(H2,19,20,23)/b18-13+. The number of thiocarbonyl (C=S) groups is 1. The first-order valence-corrected chi connectivity index (χ1v) is 8.61. The van der Waals surface area contributed by atoms with Crippen molar-refractivity contribution in [3.05, 3.63) is 29.8 Å². The lowest BCUT2D eigenvalue weighted by Gasteiger charge is -2.23. The third-order valence-electron chi connectivity index (χ3n) is 4.09. The maximum atomic E-state index is 8.95. The van der Waals surface area contributed by atoms with Gasteiger partial charge in [-0.25, -0.2) is 0 Å². The van der Waals surface area contributed by atoms with Crippen LogP contribution in [0, 0.1) is 0 Å². The van der Waals surface area contributed by atoms with E-state index in [4.69, 9.17) is 17.3 Å². The van der Waals surface area contributed by atoms with Gasteiger partial charge in [-0.3, -0.25) is 5.43 Å². The number of aliphatic hydroxyl groups is 1. The summed E-state index contributed by atoms with van der Waals surface area (Å²) in [4.78, 5) is 2.00. The lowest BCUT2D eigenvalue weighted by atomic mass is 9.96. The lowest BCUT2D eigenvalue weighted by Crippen LogP contribution is -2.40. The Kier molecular flexibility index (Phi) is 7.29. The van der Waals surface area contributed by atoms with E-state index in [9.17, 15) is 0 Å². The van der Waals surface area contributed by atoms with Crippen molar-refractivity contribution in [1.82, 2.24) is 10.7 Å². The second-order valence-corrected chi connectivity index (χ2v) is 6.32. The van der Waals surface area contributed by atoms with Crippen LogP contribution >= 0.6 is 12.2 Å². The molecule has 6 heteroatoms. The van der Waals surface area contributed by atoms with E-state index in [1.165, 1.54) is 32.1 Å². The zero-order valence-electron chi connectivity index (χ0n) is 13.7. The van der Waals surface area contributed by atoms with Gasteiger partial charge in [-0.05, 0) is 42.8 Å². The number of nitrogens with one attached hydrogen (secondary N) is 2. The summed E-state index contributed by atoms with van der Waals surface area (Å²) in [5.74, 6) is 0. The summed E-state index contributed by atoms with van der Waals surface area (Å²) in [5, 5.41) is 17.0. The molecule has 5 nitrogen and oxygen atoms in total. The first-order valence-electron chi connectivity index (χ1n) is 8.20. The SMILES string of the molecule is CN(CCO)c1ccc(/C=N/NC(=S)NC2CCCCC2)cc1. The van der Waals surface area contributed by atoms with Crippen LogP contribution < -0.4 is 15.6 Å². The van der Waals surface area contributed by atoms with Gasteiger partial charge in [0.05, 0.1) is 12.8 Å². The molecule has 1 aromatic rings. The van der Waals surface area contributed by atoms with Gasteiger partial charge in [-0.1, -0.05) is 31.4 Å².